The molecule has 0 radical (unpaired) electrons. The molecule has 0 bridgehead atoms. The van der Waals surface area contributed by atoms with Crippen molar-refractivity contribution in [1.82, 2.24) is 5.32 Å². The van der Waals surface area contributed by atoms with Gasteiger partial charge >= 0.3 is 0 Å². The van der Waals surface area contributed by atoms with Crippen molar-refractivity contribution in [3.8, 4) is 0 Å². The monoisotopic (exact) mass is 375 g/mol. The second-order valence-corrected chi connectivity index (χ2v) is 7.96. The summed E-state index contributed by atoms with van der Waals surface area (Å²) in [5.74, 6) is -0.0530. The Morgan fingerprint density at radius 1 is 1.29 bits per heavy atom. The number of nitrogens with zero attached hydrogens (tertiary/aromatic N) is 1. The fourth-order valence-corrected chi connectivity index (χ4v) is 4.31. The molecule has 4 atom stereocenters. The lowest BCUT2D eigenvalue weighted by molar-refractivity contribution is -0.967. The number of piperidine rings is 1. The molecule has 2 N–H and O–H groups in total. The summed E-state index contributed by atoms with van der Waals surface area (Å²) in [6.07, 6.45) is 2.69. The van der Waals surface area contributed by atoms with Crippen LogP contribution < -0.4 is 5.32 Å². The van der Waals surface area contributed by atoms with Crippen LogP contribution in [0.1, 0.15) is 30.7 Å². The van der Waals surface area contributed by atoms with Crippen LogP contribution in [0.25, 0.3) is 0 Å². The van der Waals surface area contributed by atoms with E-state index in [1.165, 1.54) is 0 Å². The molecule has 0 saturated carbocycles. The van der Waals surface area contributed by atoms with Crippen molar-refractivity contribution in [2.24, 2.45) is 0 Å². The van der Waals surface area contributed by atoms with E-state index < -0.39 is 6.10 Å². The minimum atomic E-state index is -0.498. The van der Waals surface area contributed by atoms with Gasteiger partial charge in [-0.2, -0.15) is 0 Å². The summed E-state index contributed by atoms with van der Waals surface area (Å²) in [4.78, 5) is 0. The number of benzene rings is 1. The van der Waals surface area contributed by atoms with E-state index in [1.807, 2.05) is 19.2 Å². The van der Waals surface area contributed by atoms with E-state index >= 15 is 0 Å². The van der Waals surface area contributed by atoms with Crippen molar-refractivity contribution in [3.05, 3.63) is 33.8 Å². The molecule has 1 aliphatic heterocycles. The zero-order chi connectivity index (χ0) is 17.9. The lowest BCUT2D eigenvalue weighted by Gasteiger charge is -2.49. The molecule has 1 saturated heterocycles. The molecule has 24 heavy (non-hydrogen) atoms. The van der Waals surface area contributed by atoms with Crippen molar-refractivity contribution in [3.63, 3.8) is 0 Å². The van der Waals surface area contributed by atoms with Gasteiger partial charge in [0.05, 0.1) is 24.1 Å². The number of quaternary nitrogens is 1. The molecule has 1 fully saturated rings. The molecule has 1 aliphatic rings. The van der Waals surface area contributed by atoms with Gasteiger partial charge in [0.1, 0.15) is 12.1 Å². The molecule has 136 valence electrons. The average Bonchev–Trinajstić information content (AvgIpc) is 2.54. The Kier molecular flexibility index (Phi) is 6.94. The van der Waals surface area contributed by atoms with E-state index in [2.05, 4.69) is 19.4 Å². The number of halogens is 2. The normalized spacial score (nSPS) is 26.1. The van der Waals surface area contributed by atoms with Gasteiger partial charge in [-0.05, 0) is 31.2 Å². The van der Waals surface area contributed by atoms with Gasteiger partial charge in [0.25, 0.3) is 0 Å². The number of aliphatic hydroxyl groups is 1. The Bertz CT molecular complexity index is 554. The minimum Gasteiger partial charge on any atom is -0.386 e. The number of aliphatic hydroxyl groups excluding tert-OH is 1. The highest BCUT2D eigenvalue weighted by molar-refractivity contribution is 6.42. The maximum atomic E-state index is 11.2. The summed E-state index contributed by atoms with van der Waals surface area (Å²) in [5, 5.41) is 15.5. The van der Waals surface area contributed by atoms with Crippen LogP contribution in [0.3, 0.4) is 0 Å². The Labute approximate surface area is 155 Å². The predicted octanol–water partition coefficient (Wildman–Crippen LogP) is 3.26. The van der Waals surface area contributed by atoms with Gasteiger partial charge in [0, 0.05) is 32.4 Å². The SMILES string of the molecule is CNC[C@H](c1ccc(Cl)c(Cl)c1)[C@H](O)C1CCCC(OC)[N+]1(C)C. The minimum absolute atomic E-state index is 0.0530. The molecule has 2 unspecified atom stereocenters. The highest BCUT2D eigenvalue weighted by Crippen LogP contribution is 2.36. The first-order valence-corrected chi connectivity index (χ1v) is 9.22. The summed E-state index contributed by atoms with van der Waals surface area (Å²) in [6, 6.07) is 5.73. The van der Waals surface area contributed by atoms with E-state index in [4.69, 9.17) is 27.9 Å². The Balaban J connectivity index is 2.30. The van der Waals surface area contributed by atoms with Crippen LogP contribution in [0.5, 0.6) is 0 Å². The van der Waals surface area contributed by atoms with E-state index in [-0.39, 0.29) is 18.2 Å². The van der Waals surface area contributed by atoms with Gasteiger partial charge in [-0.25, -0.2) is 0 Å². The molecular weight excluding hydrogens is 347 g/mol. The first kappa shape index (κ1) is 20.0. The zero-order valence-corrected chi connectivity index (χ0v) is 16.4. The van der Waals surface area contributed by atoms with E-state index in [1.54, 1.807) is 13.2 Å². The maximum absolute atomic E-state index is 11.2. The van der Waals surface area contributed by atoms with Gasteiger partial charge in [-0.15, -0.1) is 0 Å². The fourth-order valence-electron chi connectivity index (χ4n) is 4.00. The topological polar surface area (TPSA) is 41.5 Å². The van der Waals surface area contributed by atoms with E-state index in [9.17, 15) is 5.11 Å². The van der Waals surface area contributed by atoms with Gasteiger partial charge in [-0.3, -0.25) is 4.48 Å². The predicted molar refractivity (Wildman–Crippen MR) is 99.7 cm³/mol. The fraction of sp³-hybridized carbons (Fsp3) is 0.667. The molecule has 2 rings (SSSR count). The molecule has 0 aliphatic carbocycles. The Morgan fingerprint density at radius 3 is 2.58 bits per heavy atom. The van der Waals surface area contributed by atoms with Crippen LogP contribution in [-0.4, -0.2) is 62.8 Å². The van der Waals surface area contributed by atoms with Crippen LogP contribution in [0.15, 0.2) is 18.2 Å². The van der Waals surface area contributed by atoms with E-state index in [0.29, 0.717) is 21.1 Å². The van der Waals surface area contributed by atoms with Gasteiger partial charge in [0.2, 0.25) is 0 Å². The third-order valence-electron chi connectivity index (χ3n) is 5.42. The number of likely N-dealkylation sites (tertiary alicyclic amines) is 1. The summed E-state index contributed by atoms with van der Waals surface area (Å²) in [6.45, 7) is 0.674. The maximum Gasteiger partial charge on any atom is 0.192 e. The number of nitrogens with one attached hydrogen (secondary N) is 1. The van der Waals surface area contributed by atoms with Crippen molar-refractivity contribution < 1.29 is 14.3 Å². The van der Waals surface area contributed by atoms with Gasteiger partial charge < -0.3 is 15.2 Å². The quantitative estimate of drug-likeness (QED) is 0.749. The van der Waals surface area contributed by atoms with Crippen LogP contribution >= 0.6 is 23.2 Å². The molecule has 1 aromatic carbocycles. The molecule has 1 aromatic rings. The van der Waals surface area contributed by atoms with Crippen LogP contribution in [-0.2, 0) is 4.74 Å². The highest BCUT2D eigenvalue weighted by atomic mass is 35.5. The number of methoxy groups -OCH3 is 1. The molecule has 0 amide bonds. The third kappa shape index (κ3) is 4.06. The average molecular weight is 376 g/mol. The van der Waals surface area contributed by atoms with Crippen molar-refractivity contribution in [2.75, 3.05) is 34.8 Å². The van der Waals surface area contributed by atoms with Crippen LogP contribution in [0.2, 0.25) is 10.0 Å². The molecule has 4 nitrogen and oxygen atoms in total. The first-order valence-electron chi connectivity index (χ1n) is 8.46. The van der Waals surface area contributed by atoms with Gasteiger partial charge in [0.15, 0.2) is 6.23 Å². The molecule has 0 spiro atoms. The van der Waals surface area contributed by atoms with Gasteiger partial charge in [-0.1, -0.05) is 29.3 Å². The second kappa shape index (κ2) is 8.35. The number of ether oxygens (including phenoxy) is 1. The standard InChI is InChI=1S/C18H29Cl2N2O2/c1-21-11-13(12-8-9-14(19)15(20)10-12)18(23)16-6-5-7-17(24-4)22(16,2)3/h8-10,13,16-18,21,23H,5-7,11H2,1-4H3/q+1/t13-,16?,17?,18+/m1/s1. The van der Waals surface area contributed by atoms with Crippen LogP contribution in [0, 0.1) is 0 Å². The Hall–Kier alpha value is -0.360. The summed E-state index contributed by atoms with van der Waals surface area (Å²) in [5.41, 5.74) is 1.01. The summed E-state index contributed by atoms with van der Waals surface area (Å²) < 4.78 is 6.34. The second-order valence-electron chi connectivity index (χ2n) is 7.15. The summed E-state index contributed by atoms with van der Waals surface area (Å²) >= 11 is 12.2. The third-order valence-corrected chi connectivity index (χ3v) is 6.16. The lowest BCUT2D eigenvalue weighted by atomic mass is 9.83. The first-order chi connectivity index (χ1) is 11.3. The highest BCUT2D eigenvalue weighted by Gasteiger charge is 2.46. The Morgan fingerprint density at radius 2 is 2.00 bits per heavy atom. The number of hydrogen-bond acceptors (Lipinski definition) is 3. The molecule has 1 heterocycles. The lowest BCUT2D eigenvalue weighted by Crippen LogP contribution is -2.63. The number of hydrogen-bond donors (Lipinski definition) is 2. The summed E-state index contributed by atoms with van der Waals surface area (Å²) in [7, 11) is 7.94. The smallest absolute Gasteiger partial charge is 0.192 e. The van der Waals surface area contributed by atoms with E-state index in [0.717, 1.165) is 24.8 Å². The number of likely N-dealkylation sites (N-methyl/N-ethyl adjacent to an activating group) is 2. The van der Waals surface area contributed by atoms with Crippen LogP contribution in [0.4, 0.5) is 0 Å². The largest absolute Gasteiger partial charge is 0.386 e. The van der Waals surface area contributed by atoms with Crippen molar-refractivity contribution in [1.29, 1.82) is 0 Å². The molecular formula is C18H29Cl2N2O2+. The number of rotatable bonds is 6. The molecule has 6 heteroatoms. The molecule has 0 aromatic heterocycles. The van der Waals surface area contributed by atoms with Crippen molar-refractivity contribution in [2.45, 2.75) is 43.6 Å². The van der Waals surface area contributed by atoms with Crippen molar-refractivity contribution >= 4 is 23.2 Å². The zero-order valence-electron chi connectivity index (χ0n) is 14.9.